The van der Waals surface area contributed by atoms with Crippen LogP contribution in [-0.2, 0) is 4.79 Å². The topological polar surface area (TPSA) is 99.3 Å². The SMILES string of the molecule is COc1ccccc1-c1c[nH]c2ncc(-c3ccc(NCC(=O)NC(C)C)c(C(=O)N(C)C)c3)cc12. The largest absolute Gasteiger partial charge is 0.496 e. The lowest BCUT2D eigenvalue weighted by atomic mass is 9.99. The highest BCUT2D eigenvalue weighted by atomic mass is 16.5. The van der Waals surface area contributed by atoms with Crippen LogP contribution in [0.15, 0.2) is 60.9 Å². The van der Waals surface area contributed by atoms with Gasteiger partial charge in [0.2, 0.25) is 5.91 Å². The zero-order valence-corrected chi connectivity index (χ0v) is 21.2. The Morgan fingerprint density at radius 3 is 2.56 bits per heavy atom. The molecule has 4 aromatic rings. The number of hydrogen-bond donors (Lipinski definition) is 3. The second-order valence-electron chi connectivity index (χ2n) is 9.06. The minimum atomic E-state index is -0.158. The molecule has 0 aliphatic rings. The Hall–Kier alpha value is -4.33. The van der Waals surface area contributed by atoms with Gasteiger partial charge >= 0.3 is 0 Å². The zero-order chi connectivity index (χ0) is 25.8. The van der Waals surface area contributed by atoms with E-state index in [1.165, 1.54) is 4.90 Å². The Morgan fingerprint density at radius 2 is 1.83 bits per heavy atom. The molecule has 0 saturated heterocycles. The van der Waals surface area contributed by atoms with E-state index in [0.717, 1.165) is 39.0 Å². The van der Waals surface area contributed by atoms with Crippen LogP contribution in [0.3, 0.4) is 0 Å². The average Bonchev–Trinajstić information content (AvgIpc) is 3.29. The summed E-state index contributed by atoms with van der Waals surface area (Å²) in [5.41, 5.74) is 5.51. The lowest BCUT2D eigenvalue weighted by Gasteiger charge is -2.17. The standard InChI is InChI=1S/C28H31N5O3/c1-17(2)32-26(34)16-29-24-11-10-18(12-22(24)28(35)33(3)4)19-13-21-23(15-31-27(21)30-14-19)20-8-6-7-9-25(20)36-5/h6-15,17,29H,16H2,1-5H3,(H,30,31)(H,32,34). The van der Waals surface area contributed by atoms with Crippen molar-refractivity contribution in [3.8, 4) is 28.0 Å². The van der Waals surface area contributed by atoms with Gasteiger partial charge in [0.25, 0.3) is 5.91 Å². The van der Waals surface area contributed by atoms with Crippen molar-refractivity contribution in [3.05, 3.63) is 66.5 Å². The molecule has 4 rings (SSSR count). The molecule has 8 nitrogen and oxygen atoms in total. The van der Waals surface area contributed by atoms with Crippen molar-refractivity contribution in [2.24, 2.45) is 0 Å². The van der Waals surface area contributed by atoms with E-state index in [-0.39, 0.29) is 24.4 Å². The second kappa shape index (κ2) is 10.5. The molecule has 8 heteroatoms. The summed E-state index contributed by atoms with van der Waals surface area (Å²) in [6.07, 6.45) is 3.71. The Bertz CT molecular complexity index is 1410. The maximum absolute atomic E-state index is 13.0. The van der Waals surface area contributed by atoms with E-state index in [9.17, 15) is 9.59 Å². The monoisotopic (exact) mass is 485 g/mol. The molecular formula is C28H31N5O3. The summed E-state index contributed by atoms with van der Waals surface area (Å²) in [4.78, 5) is 34.5. The van der Waals surface area contributed by atoms with E-state index in [1.807, 2.05) is 62.5 Å². The van der Waals surface area contributed by atoms with Crippen molar-refractivity contribution in [2.75, 3.05) is 33.1 Å². The first-order valence-corrected chi connectivity index (χ1v) is 11.8. The van der Waals surface area contributed by atoms with Crippen molar-refractivity contribution < 1.29 is 14.3 Å². The fourth-order valence-corrected chi connectivity index (χ4v) is 4.10. The van der Waals surface area contributed by atoms with Gasteiger partial charge in [-0.25, -0.2) is 4.98 Å². The van der Waals surface area contributed by atoms with Gasteiger partial charge in [-0.1, -0.05) is 24.3 Å². The number of ether oxygens (including phenoxy) is 1. The van der Waals surface area contributed by atoms with Crippen molar-refractivity contribution in [2.45, 2.75) is 19.9 Å². The molecule has 0 saturated carbocycles. The summed E-state index contributed by atoms with van der Waals surface area (Å²) >= 11 is 0. The molecule has 0 bridgehead atoms. The Balaban J connectivity index is 1.73. The number of para-hydroxylation sites is 1. The van der Waals surface area contributed by atoms with Crippen LogP contribution in [0.2, 0.25) is 0 Å². The van der Waals surface area contributed by atoms with Crippen LogP contribution in [-0.4, -0.2) is 60.5 Å². The summed E-state index contributed by atoms with van der Waals surface area (Å²) in [6, 6.07) is 15.5. The fourth-order valence-electron chi connectivity index (χ4n) is 4.10. The van der Waals surface area contributed by atoms with Crippen LogP contribution in [0, 0.1) is 0 Å². The predicted octanol–water partition coefficient (Wildman–Crippen LogP) is 4.54. The summed E-state index contributed by atoms with van der Waals surface area (Å²) in [5, 5.41) is 6.90. The van der Waals surface area contributed by atoms with Crippen LogP contribution in [0.1, 0.15) is 24.2 Å². The number of aromatic amines is 1. The van der Waals surface area contributed by atoms with E-state index in [0.29, 0.717) is 11.3 Å². The molecule has 2 aromatic heterocycles. The second-order valence-corrected chi connectivity index (χ2v) is 9.06. The normalized spacial score (nSPS) is 10.9. The summed E-state index contributed by atoms with van der Waals surface area (Å²) in [7, 11) is 5.07. The quantitative estimate of drug-likeness (QED) is 0.340. The molecule has 36 heavy (non-hydrogen) atoms. The third-order valence-corrected chi connectivity index (χ3v) is 5.81. The predicted molar refractivity (Wildman–Crippen MR) is 143 cm³/mol. The van der Waals surface area contributed by atoms with Gasteiger partial charge in [-0.2, -0.15) is 0 Å². The van der Waals surface area contributed by atoms with E-state index in [2.05, 4.69) is 26.7 Å². The molecular weight excluding hydrogens is 454 g/mol. The zero-order valence-electron chi connectivity index (χ0n) is 21.2. The third kappa shape index (κ3) is 5.17. The van der Waals surface area contributed by atoms with E-state index >= 15 is 0 Å². The Kier molecular flexibility index (Phi) is 7.24. The van der Waals surface area contributed by atoms with Crippen molar-refractivity contribution in [3.63, 3.8) is 0 Å². The van der Waals surface area contributed by atoms with E-state index in [1.54, 1.807) is 27.4 Å². The number of amides is 2. The minimum Gasteiger partial charge on any atom is -0.496 e. The number of H-pyrrole nitrogens is 1. The lowest BCUT2D eigenvalue weighted by molar-refractivity contribution is -0.119. The summed E-state index contributed by atoms with van der Waals surface area (Å²) in [6.45, 7) is 3.88. The molecule has 2 aromatic carbocycles. The summed E-state index contributed by atoms with van der Waals surface area (Å²) in [5.74, 6) is 0.483. The first-order chi connectivity index (χ1) is 17.3. The number of pyridine rings is 1. The van der Waals surface area contributed by atoms with Crippen molar-refractivity contribution in [1.82, 2.24) is 20.2 Å². The highest BCUT2D eigenvalue weighted by molar-refractivity contribution is 6.02. The van der Waals surface area contributed by atoms with Crippen molar-refractivity contribution in [1.29, 1.82) is 0 Å². The molecule has 0 radical (unpaired) electrons. The number of fused-ring (bicyclic) bond motifs is 1. The van der Waals surface area contributed by atoms with Gasteiger partial charge in [0, 0.05) is 60.3 Å². The molecule has 0 aliphatic heterocycles. The van der Waals surface area contributed by atoms with Crippen LogP contribution in [0.25, 0.3) is 33.3 Å². The van der Waals surface area contributed by atoms with Gasteiger partial charge in [-0.3, -0.25) is 9.59 Å². The van der Waals surface area contributed by atoms with Gasteiger partial charge in [0.15, 0.2) is 0 Å². The molecule has 0 fully saturated rings. The molecule has 0 atom stereocenters. The number of nitrogens with zero attached hydrogens (tertiary/aromatic N) is 2. The molecule has 0 unspecified atom stereocenters. The van der Waals surface area contributed by atoms with Gasteiger partial charge in [0.1, 0.15) is 11.4 Å². The Labute approximate surface area is 210 Å². The first-order valence-electron chi connectivity index (χ1n) is 11.8. The van der Waals surface area contributed by atoms with Gasteiger partial charge in [-0.05, 0) is 43.7 Å². The smallest absolute Gasteiger partial charge is 0.255 e. The number of aromatic nitrogens is 2. The lowest BCUT2D eigenvalue weighted by Crippen LogP contribution is -2.35. The van der Waals surface area contributed by atoms with Gasteiger partial charge in [-0.15, -0.1) is 0 Å². The third-order valence-electron chi connectivity index (χ3n) is 5.81. The number of anilines is 1. The summed E-state index contributed by atoms with van der Waals surface area (Å²) < 4.78 is 5.56. The molecule has 0 aliphatic carbocycles. The van der Waals surface area contributed by atoms with Gasteiger partial charge < -0.3 is 25.3 Å². The molecule has 186 valence electrons. The Morgan fingerprint density at radius 1 is 1.06 bits per heavy atom. The fraction of sp³-hybridized carbons (Fsp3) is 0.250. The molecule has 2 amide bonds. The maximum atomic E-state index is 13.0. The number of methoxy groups -OCH3 is 1. The highest BCUT2D eigenvalue weighted by Gasteiger charge is 2.17. The first kappa shape index (κ1) is 24.8. The number of rotatable bonds is 8. The molecule has 3 N–H and O–H groups in total. The molecule has 0 spiro atoms. The number of carbonyl (C=O) groups excluding carboxylic acids is 2. The van der Waals surface area contributed by atoms with Crippen LogP contribution in [0.4, 0.5) is 5.69 Å². The highest BCUT2D eigenvalue weighted by Crippen LogP contribution is 2.36. The number of benzene rings is 2. The number of hydrogen-bond acceptors (Lipinski definition) is 5. The molecule has 2 heterocycles. The van der Waals surface area contributed by atoms with Crippen LogP contribution in [0.5, 0.6) is 5.75 Å². The van der Waals surface area contributed by atoms with E-state index in [4.69, 9.17) is 4.74 Å². The number of carbonyl (C=O) groups is 2. The van der Waals surface area contributed by atoms with Crippen molar-refractivity contribution >= 4 is 28.5 Å². The van der Waals surface area contributed by atoms with E-state index < -0.39 is 0 Å². The minimum absolute atomic E-state index is 0.0427. The van der Waals surface area contributed by atoms with Gasteiger partial charge in [0.05, 0.1) is 19.2 Å². The van der Waals surface area contributed by atoms with Crippen LogP contribution >= 0.6 is 0 Å². The number of nitrogens with one attached hydrogen (secondary N) is 3. The van der Waals surface area contributed by atoms with Crippen LogP contribution < -0.4 is 15.4 Å². The maximum Gasteiger partial charge on any atom is 0.255 e. The average molecular weight is 486 g/mol.